The second-order valence-electron chi connectivity index (χ2n) is 5.98. The van der Waals surface area contributed by atoms with Gasteiger partial charge >= 0.3 is 12.1 Å². The van der Waals surface area contributed by atoms with E-state index in [2.05, 4.69) is 36.6 Å². The fraction of sp³-hybridized carbons (Fsp3) is 0.316. The normalized spacial score (nSPS) is 13.8. The van der Waals surface area contributed by atoms with Gasteiger partial charge in [-0.2, -0.15) is 13.2 Å². The molecule has 4 nitrogen and oxygen atoms in total. The maximum atomic E-state index is 12.6. The number of esters is 1. The molecule has 9 heteroatoms. The second-order valence-corrected chi connectivity index (χ2v) is 7.46. The van der Waals surface area contributed by atoms with Gasteiger partial charge in [-0.3, -0.25) is 0 Å². The summed E-state index contributed by atoms with van der Waals surface area (Å²) in [5.41, 5.74) is 8.46. The maximum absolute atomic E-state index is 12.6. The summed E-state index contributed by atoms with van der Waals surface area (Å²) < 4.78 is 48.8. The Balaban J connectivity index is 2.13. The van der Waals surface area contributed by atoms with Gasteiger partial charge in [0.05, 0.1) is 12.6 Å². The Morgan fingerprint density at radius 1 is 1.07 bits per heavy atom. The molecule has 2 aromatic carbocycles. The molecule has 2 N–H and O–H groups in total. The van der Waals surface area contributed by atoms with Gasteiger partial charge in [0.25, 0.3) is 0 Å². The molecule has 2 atom stereocenters. The Morgan fingerprint density at radius 3 is 2.25 bits per heavy atom. The molecular formula is C19H18Br2F3NO3. The smallest absolute Gasteiger partial charge is 0.427 e. The number of hydrogen-bond donors (Lipinski definition) is 1. The van der Waals surface area contributed by atoms with Gasteiger partial charge in [0.2, 0.25) is 6.29 Å². The summed E-state index contributed by atoms with van der Waals surface area (Å²) in [5, 5.41) is 0.546. The molecule has 0 bridgehead atoms. The van der Waals surface area contributed by atoms with E-state index in [0.717, 1.165) is 21.2 Å². The molecule has 28 heavy (non-hydrogen) atoms. The third kappa shape index (κ3) is 6.88. The van der Waals surface area contributed by atoms with Crippen LogP contribution in [0.2, 0.25) is 0 Å². The van der Waals surface area contributed by atoms with E-state index >= 15 is 0 Å². The van der Waals surface area contributed by atoms with E-state index in [1.165, 1.54) is 0 Å². The molecule has 152 valence electrons. The molecule has 0 radical (unpaired) electrons. The minimum Gasteiger partial charge on any atom is -0.427 e. The van der Waals surface area contributed by atoms with Crippen molar-refractivity contribution in [2.75, 3.05) is 0 Å². The average Bonchev–Trinajstić information content (AvgIpc) is 2.66. The summed E-state index contributed by atoms with van der Waals surface area (Å²) in [6, 6.07) is 13.4. The summed E-state index contributed by atoms with van der Waals surface area (Å²) in [7, 11) is 0. The molecule has 0 aliphatic carbocycles. The van der Waals surface area contributed by atoms with Gasteiger partial charge in [-0.25, -0.2) is 4.79 Å². The lowest BCUT2D eigenvalue weighted by Gasteiger charge is -2.25. The van der Waals surface area contributed by atoms with Crippen LogP contribution < -0.4 is 5.73 Å². The minimum atomic E-state index is -5.13. The van der Waals surface area contributed by atoms with Crippen molar-refractivity contribution < 1.29 is 27.4 Å². The fourth-order valence-electron chi connectivity index (χ4n) is 2.41. The number of hydrogen-bond acceptors (Lipinski definition) is 4. The van der Waals surface area contributed by atoms with Gasteiger partial charge < -0.3 is 15.2 Å². The molecule has 0 aliphatic rings. The first-order valence-corrected chi connectivity index (χ1v) is 10.1. The molecule has 2 unspecified atom stereocenters. The molecule has 0 aromatic heterocycles. The highest BCUT2D eigenvalue weighted by molar-refractivity contribution is 9.10. The molecule has 2 aromatic rings. The van der Waals surface area contributed by atoms with Crippen molar-refractivity contribution in [1.82, 2.24) is 0 Å². The largest absolute Gasteiger partial charge is 0.491 e. The van der Waals surface area contributed by atoms with Crippen LogP contribution in [-0.4, -0.2) is 24.5 Å². The predicted molar refractivity (Wildman–Crippen MR) is 106 cm³/mol. The third-order valence-electron chi connectivity index (χ3n) is 3.85. The lowest BCUT2D eigenvalue weighted by atomic mass is 10.1. The average molecular weight is 525 g/mol. The summed E-state index contributed by atoms with van der Waals surface area (Å²) in [4.78, 5) is 11.3. The van der Waals surface area contributed by atoms with Crippen LogP contribution >= 0.6 is 31.9 Å². The van der Waals surface area contributed by atoms with E-state index in [-0.39, 0.29) is 13.0 Å². The predicted octanol–water partition coefficient (Wildman–Crippen LogP) is 4.86. The van der Waals surface area contributed by atoms with E-state index in [0.29, 0.717) is 5.33 Å². The Labute approximate surface area is 177 Å². The van der Waals surface area contributed by atoms with Gasteiger partial charge in [0, 0.05) is 9.80 Å². The fourth-order valence-corrected chi connectivity index (χ4v) is 3.22. The van der Waals surface area contributed by atoms with Crippen molar-refractivity contribution >= 4 is 37.8 Å². The molecule has 0 aliphatic heterocycles. The van der Waals surface area contributed by atoms with Gasteiger partial charge in [0.15, 0.2) is 0 Å². The Morgan fingerprint density at radius 2 is 1.68 bits per heavy atom. The Hall–Kier alpha value is -1.42. The highest BCUT2D eigenvalue weighted by atomic mass is 79.9. The van der Waals surface area contributed by atoms with Crippen molar-refractivity contribution in [3.8, 4) is 0 Å². The number of carbonyl (C=O) groups excluding carboxylic acids is 1. The molecule has 0 fully saturated rings. The van der Waals surface area contributed by atoms with Crippen LogP contribution in [0.25, 0.3) is 0 Å². The van der Waals surface area contributed by atoms with Crippen molar-refractivity contribution in [1.29, 1.82) is 0 Å². The third-order valence-corrected chi connectivity index (χ3v) is 4.99. The monoisotopic (exact) mass is 523 g/mol. The number of alkyl halides is 4. The molecule has 0 saturated heterocycles. The molecule has 0 saturated carbocycles. The van der Waals surface area contributed by atoms with Crippen LogP contribution in [0.4, 0.5) is 13.2 Å². The van der Waals surface area contributed by atoms with Crippen molar-refractivity contribution in [2.45, 2.75) is 36.9 Å². The van der Waals surface area contributed by atoms with Crippen molar-refractivity contribution in [2.24, 2.45) is 5.73 Å². The first-order valence-electron chi connectivity index (χ1n) is 8.23. The quantitative estimate of drug-likeness (QED) is 0.304. The van der Waals surface area contributed by atoms with Crippen LogP contribution in [0, 0.1) is 0 Å². The SMILES string of the molecule is NC(Cc1ccc(Br)cc1)C(OCc1ccccc1CBr)OC(=O)C(F)(F)F. The van der Waals surface area contributed by atoms with Crippen molar-refractivity contribution in [3.63, 3.8) is 0 Å². The van der Waals surface area contributed by atoms with Crippen LogP contribution in [-0.2, 0) is 32.6 Å². The number of ether oxygens (including phenoxy) is 2. The summed E-state index contributed by atoms with van der Waals surface area (Å²) in [5.74, 6) is -2.34. The second kappa shape index (κ2) is 10.4. The van der Waals surface area contributed by atoms with Crippen LogP contribution in [0.5, 0.6) is 0 Å². The molecule has 0 amide bonds. The van der Waals surface area contributed by atoms with Crippen LogP contribution in [0.3, 0.4) is 0 Å². The highest BCUT2D eigenvalue weighted by Crippen LogP contribution is 2.21. The zero-order valence-corrected chi connectivity index (χ0v) is 17.8. The van der Waals surface area contributed by atoms with E-state index < -0.39 is 24.5 Å². The first-order chi connectivity index (χ1) is 13.2. The lowest BCUT2D eigenvalue weighted by Crippen LogP contribution is -2.44. The zero-order valence-electron chi connectivity index (χ0n) is 14.6. The standard InChI is InChI=1S/C19H18Br2F3NO3/c20-10-13-3-1-2-4-14(13)11-27-17(28-18(26)19(22,23)24)16(25)9-12-5-7-15(21)8-6-12/h1-8,16-17H,9-11,25H2. The minimum absolute atomic E-state index is 0.0500. The molecule has 0 heterocycles. The summed E-state index contributed by atoms with van der Waals surface area (Å²) in [6.07, 6.45) is -6.52. The van der Waals surface area contributed by atoms with Crippen LogP contribution in [0.15, 0.2) is 53.0 Å². The van der Waals surface area contributed by atoms with Crippen LogP contribution in [0.1, 0.15) is 16.7 Å². The first kappa shape index (κ1) is 22.9. The van der Waals surface area contributed by atoms with Gasteiger partial charge in [0.1, 0.15) is 0 Å². The summed E-state index contributed by atoms with van der Waals surface area (Å²) >= 11 is 6.65. The number of carbonyl (C=O) groups is 1. The summed E-state index contributed by atoms with van der Waals surface area (Å²) in [6.45, 7) is -0.0500. The molecule has 2 rings (SSSR count). The van der Waals surface area contributed by atoms with Gasteiger partial charge in [-0.1, -0.05) is 68.3 Å². The Kier molecular flexibility index (Phi) is 8.48. The lowest BCUT2D eigenvalue weighted by molar-refractivity contribution is -0.230. The zero-order chi connectivity index (χ0) is 20.7. The topological polar surface area (TPSA) is 61.6 Å². The molecular weight excluding hydrogens is 507 g/mol. The number of nitrogens with two attached hydrogens (primary N) is 1. The Bertz CT molecular complexity index is 785. The van der Waals surface area contributed by atoms with Gasteiger partial charge in [-0.15, -0.1) is 0 Å². The van der Waals surface area contributed by atoms with E-state index in [1.807, 2.05) is 12.1 Å². The van der Waals surface area contributed by atoms with E-state index in [1.54, 1.807) is 36.4 Å². The number of halogens is 5. The number of rotatable bonds is 8. The van der Waals surface area contributed by atoms with Crippen molar-refractivity contribution in [3.05, 3.63) is 69.7 Å². The maximum Gasteiger partial charge on any atom is 0.491 e. The van der Waals surface area contributed by atoms with E-state index in [4.69, 9.17) is 10.5 Å². The van der Waals surface area contributed by atoms with Gasteiger partial charge in [-0.05, 0) is 35.2 Å². The highest BCUT2D eigenvalue weighted by Gasteiger charge is 2.43. The van der Waals surface area contributed by atoms with E-state index in [9.17, 15) is 18.0 Å². The molecule has 0 spiro atoms. The number of benzene rings is 2.